The summed E-state index contributed by atoms with van der Waals surface area (Å²) in [5.41, 5.74) is 5.24. The zero-order valence-electron chi connectivity index (χ0n) is 15.5. The Morgan fingerprint density at radius 1 is 1.04 bits per heavy atom. The summed E-state index contributed by atoms with van der Waals surface area (Å²) in [4.78, 5) is 30.8. The number of morpholine rings is 1. The van der Waals surface area contributed by atoms with Crippen LogP contribution in [0, 0.1) is 0 Å². The molecule has 1 amide bonds. The number of carbonyl (C=O) groups excluding carboxylic acids is 1. The molecule has 0 radical (unpaired) electrons. The van der Waals surface area contributed by atoms with E-state index in [1.165, 1.54) is 0 Å². The van der Waals surface area contributed by atoms with Gasteiger partial charge in [0.2, 0.25) is 0 Å². The molecule has 2 aliphatic rings. The van der Waals surface area contributed by atoms with Crippen molar-refractivity contribution in [1.82, 2.24) is 19.9 Å². The van der Waals surface area contributed by atoms with Gasteiger partial charge in [0, 0.05) is 38.4 Å². The van der Waals surface area contributed by atoms with Crippen LogP contribution in [-0.4, -0.2) is 58.6 Å². The third-order valence-electron chi connectivity index (χ3n) is 5.34. The molecule has 0 aliphatic carbocycles. The average Bonchev–Trinajstić information content (AvgIpc) is 3.08. The van der Waals surface area contributed by atoms with Crippen LogP contribution in [-0.2, 0) is 17.7 Å². The van der Waals surface area contributed by atoms with Gasteiger partial charge in [0.15, 0.2) is 0 Å². The number of anilines is 1. The highest BCUT2D eigenvalue weighted by Crippen LogP contribution is 2.30. The van der Waals surface area contributed by atoms with Crippen LogP contribution in [0.3, 0.4) is 0 Å². The van der Waals surface area contributed by atoms with Crippen LogP contribution in [0.15, 0.2) is 42.7 Å². The van der Waals surface area contributed by atoms with E-state index in [1.807, 2.05) is 35.2 Å². The number of aromatic nitrogens is 3. The van der Waals surface area contributed by atoms with Gasteiger partial charge in [-0.3, -0.25) is 14.8 Å². The monoisotopic (exact) mass is 375 g/mol. The van der Waals surface area contributed by atoms with Crippen LogP contribution in [0.1, 0.15) is 21.7 Å². The molecule has 7 nitrogen and oxygen atoms in total. The minimum atomic E-state index is 0.0540. The molecule has 1 aromatic carbocycles. The number of benzene rings is 1. The van der Waals surface area contributed by atoms with Crippen LogP contribution >= 0.6 is 0 Å². The Labute approximate surface area is 163 Å². The van der Waals surface area contributed by atoms with Crippen molar-refractivity contribution in [2.24, 2.45) is 0 Å². The lowest BCUT2D eigenvalue weighted by atomic mass is 10.1. The summed E-state index contributed by atoms with van der Waals surface area (Å²) in [5, 5.41) is 0. The number of rotatable bonds is 4. The molecule has 0 atom stereocenters. The van der Waals surface area contributed by atoms with Gasteiger partial charge in [-0.2, -0.15) is 0 Å². The lowest BCUT2D eigenvalue weighted by molar-refractivity contribution is 0.0779. The molecule has 0 N–H and O–H groups in total. The van der Waals surface area contributed by atoms with E-state index in [4.69, 9.17) is 4.74 Å². The highest BCUT2D eigenvalue weighted by molar-refractivity contribution is 6.03. The van der Waals surface area contributed by atoms with E-state index in [2.05, 4.69) is 19.9 Å². The van der Waals surface area contributed by atoms with E-state index in [-0.39, 0.29) is 5.91 Å². The zero-order valence-corrected chi connectivity index (χ0v) is 15.5. The molecule has 5 rings (SSSR count). The third-order valence-corrected chi connectivity index (χ3v) is 5.34. The van der Waals surface area contributed by atoms with Crippen LogP contribution in [0.4, 0.5) is 5.69 Å². The van der Waals surface area contributed by atoms with Gasteiger partial charge >= 0.3 is 0 Å². The van der Waals surface area contributed by atoms with E-state index >= 15 is 0 Å². The summed E-state index contributed by atoms with van der Waals surface area (Å²) < 4.78 is 5.44. The lowest BCUT2D eigenvalue weighted by Gasteiger charge is -2.30. The topological polar surface area (TPSA) is 71.5 Å². The average molecular weight is 375 g/mol. The van der Waals surface area contributed by atoms with Crippen molar-refractivity contribution >= 4 is 22.6 Å². The predicted molar refractivity (Wildman–Crippen MR) is 105 cm³/mol. The van der Waals surface area contributed by atoms with Crippen molar-refractivity contribution in [3.63, 3.8) is 0 Å². The number of amides is 1. The molecule has 0 unspecified atom stereocenters. The molecule has 28 heavy (non-hydrogen) atoms. The van der Waals surface area contributed by atoms with Gasteiger partial charge in [-0.25, -0.2) is 4.98 Å². The maximum absolute atomic E-state index is 13.1. The molecule has 4 heterocycles. The van der Waals surface area contributed by atoms with Gasteiger partial charge in [0.25, 0.3) is 5.91 Å². The second kappa shape index (κ2) is 7.16. The summed E-state index contributed by atoms with van der Waals surface area (Å²) in [6.45, 7) is 4.14. The number of nitrogens with zero attached hydrogens (tertiary/aromatic N) is 5. The summed E-state index contributed by atoms with van der Waals surface area (Å²) in [6.07, 6.45) is 4.27. The Morgan fingerprint density at radius 2 is 1.86 bits per heavy atom. The Morgan fingerprint density at radius 3 is 2.71 bits per heavy atom. The molecule has 0 bridgehead atoms. The predicted octanol–water partition coefficient (Wildman–Crippen LogP) is 2.06. The minimum Gasteiger partial charge on any atom is -0.378 e. The Kier molecular flexibility index (Phi) is 4.37. The van der Waals surface area contributed by atoms with E-state index in [0.717, 1.165) is 46.8 Å². The van der Waals surface area contributed by atoms with Crippen molar-refractivity contribution in [2.45, 2.75) is 13.0 Å². The number of para-hydroxylation sites is 2. The fraction of sp³-hybridized carbons (Fsp3) is 0.333. The number of hydrogen-bond acceptors (Lipinski definition) is 6. The van der Waals surface area contributed by atoms with E-state index < -0.39 is 0 Å². The normalized spacial score (nSPS) is 16.6. The highest BCUT2D eigenvalue weighted by Gasteiger charge is 2.32. The van der Waals surface area contributed by atoms with Gasteiger partial charge in [0.05, 0.1) is 53.4 Å². The molecule has 2 aromatic heterocycles. The summed E-state index contributed by atoms with van der Waals surface area (Å²) in [6, 6.07) is 9.77. The second-order valence-corrected chi connectivity index (χ2v) is 7.08. The highest BCUT2D eigenvalue weighted by atomic mass is 16.5. The second-order valence-electron chi connectivity index (χ2n) is 7.08. The maximum Gasteiger partial charge on any atom is 0.258 e. The maximum atomic E-state index is 13.1. The first-order valence-electron chi connectivity index (χ1n) is 9.60. The first-order chi connectivity index (χ1) is 13.8. The molecule has 3 aromatic rings. The zero-order chi connectivity index (χ0) is 18.9. The van der Waals surface area contributed by atoms with E-state index in [1.54, 1.807) is 12.4 Å². The molecule has 7 heteroatoms. The molecular formula is C21H21N5O2. The molecule has 1 saturated heterocycles. The number of carbonyl (C=O) groups is 1. The van der Waals surface area contributed by atoms with Crippen LogP contribution in [0.25, 0.3) is 11.0 Å². The van der Waals surface area contributed by atoms with Gasteiger partial charge in [-0.1, -0.05) is 12.1 Å². The van der Waals surface area contributed by atoms with Gasteiger partial charge in [0.1, 0.15) is 0 Å². The standard InChI is InChI=1S/C21H21N5O2/c27-21-20-18(22-7-5-19(20)25-9-11-28-12-10-25)14-26(21)8-6-15-13-23-16-3-1-2-4-17(16)24-15/h1-5,7,13H,6,8-12,14H2. The first kappa shape index (κ1) is 17.1. The molecule has 0 spiro atoms. The summed E-state index contributed by atoms with van der Waals surface area (Å²) in [5.74, 6) is 0.0540. The first-order valence-corrected chi connectivity index (χ1v) is 9.60. The van der Waals surface area contributed by atoms with Gasteiger partial charge in [-0.05, 0) is 18.2 Å². The Bertz CT molecular complexity index is 1030. The van der Waals surface area contributed by atoms with Crippen LogP contribution < -0.4 is 4.90 Å². The summed E-state index contributed by atoms with van der Waals surface area (Å²) >= 11 is 0. The fourth-order valence-corrected chi connectivity index (χ4v) is 3.87. The lowest BCUT2D eigenvalue weighted by Crippen LogP contribution is -2.37. The molecular weight excluding hydrogens is 354 g/mol. The smallest absolute Gasteiger partial charge is 0.258 e. The number of fused-ring (bicyclic) bond motifs is 2. The van der Waals surface area contributed by atoms with Crippen LogP contribution in [0.5, 0.6) is 0 Å². The quantitative estimate of drug-likeness (QED) is 0.695. The summed E-state index contributed by atoms with van der Waals surface area (Å²) in [7, 11) is 0. The molecule has 1 fully saturated rings. The third kappa shape index (κ3) is 3.07. The largest absolute Gasteiger partial charge is 0.378 e. The number of pyridine rings is 1. The number of hydrogen-bond donors (Lipinski definition) is 0. The SMILES string of the molecule is O=C1c2c(N3CCOCC3)ccnc2CN1CCc1cnc2ccccc2n1. The van der Waals surface area contributed by atoms with Gasteiger partial charge in [-0.15, -0.1) is 0 Å². The van der Waals surface area contributed by atoms with Crippen molar-refractivity contribution < 1.29 is 9.53 Å². The van der Waals surface area contributed by atoms with Crippen LogP contribution in [0.2, 0.25) is 0 Å². The molecule has 2 aliphatic heterocycles. The van der Waals surface area contributed by atoms with E-state index in [0.29, 0.717) is 32.7 Å². The fourth-order valence-electron chi connectivity index (χ4n) is 3.87. The van der Waals surface area contributed by atoms with Crippen molar-refractivity contribution in [2.75, 3.05) is 37.7 Å². The Balaban J connectivity index is 1.33. The molecule has 142 valence electrons. The van der Waals surface area contributed by atoms with Gasteiger partial charge < -0.3 is 14.5 Å². The molecule has 0 saturated carbocycles. The number of ether oxygens (including phenoxy) is 1. The van der Waals surface area contributed by atoms with Crippen molar-refractivity contribution in [3.05, 3.63) is 59.7 Å². The minimum absolute atomic E-state index is 0.0540. The van der Waals surface area contributed by atoms with Crippen molar-refractivity contribution in [3.8, 4) is 0 Å². The van der Waals surface area contributed by atoms with E-state index in [9.17, 15) is 4.79 Å². The van der Waals surface area contributed by atoms with Crippen molar-refractivity contribution in [1.29, 1.82) is 0 Å². The Hall–Kier alpha value is -3.06.